The van der Waals surface area contributed by atoms with E-state index in [9.17, 15) is 9.59 Å². The third-order valence-electron chi connectivity index (χ3n) is 3.52. The van der Waals surface area contributed by atoms with Crippen molar-refractivity contribution >= 4 is 17.5 Å². The zero-order valence-corrected chi connectivity index (χ0v) is 12.3. The lowest BCUT2D eigenvalue weighted by molar-refractivity contribution is -0.120. The Hall–Kier alpha value is -1.92. The van der Waals surface area contributed by atoms with Crippen LogP contribution in [-0.2, 0) is 9.53 Å². The average molecular weight is 291 g/mol. The third-order valence-corrected chi connectivity index (χ3v) is 3.52. The van der Waals surface area contributed by atoms with Gasteiger partial charge in [0.15, 0.2) is 0 Å². The first-order valence-electron chi connectivity index (χ1n) is 7.09. The fraction of sp³-hybridized carbons (Fsp3) is 0.467. The van der Waals surface area contributed by atoms with E-state index in [0.29, 0.717) is 31.0 Å². The SMILES string of the molecule is CCNC(=O)c1cccc(NC(=O)C2COCC2NC)c1. The van der Waals surface area contributed by atoms with Crippen molar-refractivity contribution in [2.45, 2.75) is 13.0 Å². The van der Waals surface area contributed by atoms with Gasteiger partial charge in [-0.05, 0) is 32.2 Å². The van der Waals surface area contributed by atoms with E-state index in [1.807, 2.05) is 14.0 Å². The fourth-order valence-electron chi connectivity index (χ4n) is 2.33. The van der Waals surface area contributed by atoms with Crippen molar-refractivity contribution in [3.05, 3.63) is 29.8 Å². The molecule has 1 heterocycles. The van der Waals surface area contributed by atoms with Crippen molar-refractivity contribution in [1.29, 1.82) is 0 Å². The van der Waals surface area contributed by atoms with E-state index < -0.39 is 0 Å². The quantitative estimate of drug-likeness (QED) is 0.742. The summed E-state index contributed by atoms with van der Waals surface area (Å²) in [5.74, 6) is -0.464. The smallest absolute Gasteiger partial charge is 0.251 e. The maximum Gasteiger partial charge on any atom is 0.251 e. The van der Waals surface area contributed by atoms with Gasteiger partial charge < -0.3 is 20.7 Å². The molecule has 21 heavy (non-hydrogen) atoms. The highest BCUT2D eigenvalue weighted by molar-refractivity contribution is 5.97. The Kier molecular flexibility index (Phi) is 5.30. The number of hydrogen-bond donors (Lipinski definition) is 3. The molecule has 2 amide bonds. The second-order valence-corrected chi connectivity index (χ2v) is 4.97. The van der Waals surface area contributed by atoms with Gasteiger partial charge in [0.2, 0.25) is 5.91 Å². The van der Waals surface area contributed by atoms with E-state index >= 15 is 0 Å². The van der Waals surface area contributed by atoms with Crippen LogP contribution in [0.3, 0.4) is 0 Å². The summed E-state index contributed by atoms with van der Waals surface area (Å²) in [5.41, 5.74) is 1.15. The van der Waals surface area contributed by atoms with Crippen LogP contribution in [0, 0.1) is 5.92 Å². The molecule has 2 atom stereocenters. The Morgan fingerprint density at radius 3 is 2.86 bits per heavy atom. The van der Waals surface area contributed by atoms with E-state index in [-0.39, 0.29) is 23.8 Å². The highest BCUT2D eigenvalue weighted by Crippen LogP contribution is 2.17. The highest BCUT2D eigenvalue weighted by Gasteiger charge is 2.32. The summed E-state index contributed by atoms with van der Waals surface area (Å²) in [5, 5.41) is 8.66. The molecule has 1 aromatic carbocycles. The number of nitrogens with one attached hydrogen (secondary N) is 3. The van der Waals surface area contributed by atoms with Crippen LogP contribution in [0.5, 0.6) is 0 Å². The van der Waals surface area contributed by atoms with Gasteiger partial charge in [-0.1, -0.05) is 6.07 Å². The Morgan fingerprint density at radius 1 is 1.33 bits per heavy atom. The molecule has 6 heteroatoms. The first-order chi connectivity index (χ1) is 10.2. The minimum absolute atomic E-state index is 0.0246. The molecule has 1 aliphatic heterocycles. The number of hydrogen-bond acceptors (Lipinski definition) is 4. The van der Waals surface area contributed by atoms with E-state index in [2.05, 4.69) is 16.0 Å². The Bertz CT molecular complexity index is 519. The Balaban J connectivity index is 2.04. The molecule has 1 fully saturated rings. The van der Waals surface area contributed by atoms with Crippen molar-refractivity contribution in [2.24, 2.45) is 5.92 Å². The monoisotopic (exact) mass is 291 g/mol. The van der Waals surface area contributed by atoms with Gasteiger partial charge in [-0.15, -0.1) is 0 Å². The number of likely N-dealkylation sites (N-methyl/N-ethyl adjacent to an activating group) is 1. The van der Waals surface area contributed by atoms with Crippen LogP contribution in [0.25, 0.3) is 0 Å². The number of amides is 2. The van der Waals surface area contributed by atoms with Crippen LogP contribution in [0.2, 0.25) is 0 Å². The van der Waals surface area contributed by atoms with Crippen molar-refractivity contribution in [3.63, 3.8) is 0 Å². The second kappa shape index (κ2) is 7.19. The first-order valence-corrected chi connectivity index (χ1v) is 7.09. The van der Waals surface area contributed by atoms with Crippen LogP contribution < -0.4 is 16.0 Å². The lowest BCUT2D eigenvalue weighted by atomic mass is 10.0. The number of benzene rings is 1. The molecule has 0 saturated carbocycles. The van der Waals surface area contributed by atoms with Gasteiger partial charge in [0.1, 0.15) is 0 Å². The van der Waals surface area contributed by atoms with Crippen molar-refractivity contribution in [3.8, 4) is 0 Å². The average Bonchev–Trinajstić information content (AvgIpc) is 2.96. The molecular formula is C15H21N3O3. The molecule has 6 nitrogen and oxygen atoms in total. The molecule has 114 valence electrons. The van der Waals surface area contributed by atoms with Crippen molar-refractivity contribution < 1.29 is 14.3 Å². The summed E-state index contributed by atoms with van der Waals surface area (Å²) < 4.78 is 5.33. The number of rotatable bonds is 5. The van der Waals surface area contributed by atoms with Crippen molar-refractivity contribution in [2.75, 3.05) is 32.1 Å². The number of carbonyl (C=O) groups is 2. The zero-order valence-electron chi connectivity index (χ0n) is 12.3. The van der Waals surface area contributed by atoms with Gasteiger partial charge in [0, 0.05) is 23.8 Å². The normalized spacial score (nSPS) is 21.0. The third kappa shape index (κ3) is 3.80. The van der Waals surface area contributed by atoms with Crippen LogP contribution in [-0.4, -0.2) is 44.7 Å². The zero-order chi connectivity index (χ0) is 15.2. The maximum absolute atomic E-state index is 12.3. The second-order valence-electron chi connectivity index (χ2n) is 4.97. The van der Waals surface area contributed by atoms with Crippen LogP contribution >= 0.6 is 0 Å². The molecule has 0 aliphatic carbocycles. The van der Waals surface area contributed by atoms with Crippen LogP contribution in [0.4, 0.5) is 5.69 Å². The topological polar surface area (TPSA) is 79.5 Å². The first kappa shape index (κ1) is 15.5. The Labute approximate surface area is 124 Å². The summed E-state index contributed by atoms with van der Waals surface area (Å²) >= 11 is 0. The summed E-state index contributed by atoms with van der Waals surface area (Å²) in [6.45, 7) is 3.38. The van der Waals surface area contributed by atoms with E-state index in [1.165, 1.54) is 0 Å². The predicted molar refractivity (Wildman–Crippen MR) is 80.2 cm³/mol. The van der Waals surface area contributed by atoms with E-state index in [4.69, 9.17) is 4.74 Å². The summed E-state index contributed by atoms with van der Waals surface area (Å²) in [6, 6.07) is 6.94. The minimum Gasteiger partial charge on any atom is -0.379 e. The highest BCUT2D eigenvalue weighted by atomic mass is 16.5. The fourth-order valence-corrected chi connectivity index (χ4v) is 2.33. The largest absolute Gasteiger partial charge is 0.379 e. The van der Waals surface area contributed by atoms with Crippen LogP contribution in [0.1, 0.15) is 17.3 Å². The Morgan fingerprint density at radius 2 is 2.14 bits per heavy atom. The molecule has 0 aromatic heterocycles. The maximum atomic E-state index is 12.3. The van der Waals surface area contributed by atoms with E-state index in [0.717, 1.165) is 0 Å². The minimum atomic E-state index is -0.219. The molecule has 3 N–H and O–H groups in total. The molecule has 1 aliphatic rings. The van der Waals surface area contributed by atoms with Gasteiger partial charge in [0.05, 0.1) is 19.1 Å². The van der Waals surface area contributed by atoms with Crippen molar-refractivity contribution in [1.82, 2.24) is 10.6 Å². The summed E-state index contributed by atoms with van der Waals surface area (Å²) in [4.78, 5) is 24.0. The molecule has 0 bridgehead atoms. The van der Waals surface area contributed by atoms with Crippen LogP contribution in [0.15, 0.2) is 24.3 Å². The summed E-state index contributed by atoms with van der Waals surface area (Å²) in [7, 11) is 1.81. The number of ether oxygens (including phenoxy) is 1. The van der Waals surface area contributed by atoms with Gasteiger partial charge >= 0.3 is 0 Å². The molecule has 1 saturated heterocycles. The number of anilines is 1. The number of carbonyl (C=O) groups excluding carboxylic acids is 2. The van der Waals surface area contributed by atoms with Gasteiger partial charge in [-0.3, -0.25) is 9.59 Å². The summed E-state index contributed by atoms with van der Waals surface area (Å²) in [6.07, 6.45) is 0. The lowest BCUT2D eigenvalue weighted by Gasteiger charge is -2.16. The van der Waals surface area contributed by atoms with Gasteiger partial charge in [-0.25, -0.2) is 0 Å². The van der Waals surface area contributed by atoms with Gasteiger partial charge in [0.25, 0.3) is 5.91 Å². The molecule has 0 spiro atoms. The molecule has 1 aromatic rings. The predicted octanol–water partition coefficient (Wildman–Crippen LogP) is 0.609. The molecule has 0 radical (unpaired) electrons. The van der Waals surface area contributed by atoms with Gasteiger partial charge in [-0.2, -0.15) is 0 Å². The molecule has 2 unspecified atom stereocenters. The standard InChI is InChI=1S/C15H21N3O3/c1-3-17-14(19)10-5-4-6-11(7-10)18-15(20)12-8-21-9-13(12)16-2/h4-7,12-13,16H,3,8-9H2,1-2H3,(H,17,19)(H,18,20). The lowest BCUT2D eigenvalue weighted by Crippen LogP contribution is -2.39. The molecular weight excluding hydrogens is 270 g/mol. The van der Waals surface area contributed by atoms with E-state index in [1.54, 1.807) is 24.3 Å². The molecule has 2 rings (SSSR count).